The Labute approximate surface area is 165 Å². The number of carbonyl (C=O) groups excluding carboxylic acids is 2. The highest BCUT2D eigenvalue weighted by atomic mass is 16.6. The van der Waals surface area contributed by atoms with Crippen LogP contribution in [0.5, 0.6) is 5.75 Å². The van der Waals surface area contributed by atoms with E-state index < -0.39 is 5.97 Å². The quantitative estimate of drug-likeness (QED) is 0.739. The Morgan fingerprint density at radius 3 is 2.57 bits per heavy atom. The molecule has 5 nitrogen and oxygen atoms in total. The van der Waals surface area contributed by atoms with Crippen LogP contribution in [0.25, 0.3) is 10.8 Å². The lowest BCUT2D eigenvalue weighted by Crippen LogP contribution is -2.46. The molecule has 1 saturated heterocycles. The average Bonchev–Trinajstić information content (AvgIpc) is 2.75. The van der Waals surface area contributed by atoms with Gasteiger partial charge in [-0.3, -0.25) is 4.79 Å². The average molecular weight is 381 g/mol. The number of ether oxygens (including phenoxy) is 2. The summed E-state index contributed by atoms with van der Waals surface area (Å²) < 4.78 is 10.7. The van der Waals surface area contributed by atoms with E-state index in [1.807, 2.05) is 47.4 Å². The minimum atomic E-state index is -0.519. The normalized spacial score (nSPS) is 21.8. The number of carbonyl (C=O) groups is 2. The molecule has 1 aliphatic heterocycles. The number of amides is 1. The summed E-state index contributed by atoms with van der Waals surface area (Å²) in [6.45, 7) is 1.20. The van der Waals surface area contributed by atoms with Gasteiger partial charge in [-0.1, -0.05) is 49.6 Å². The maximum absolute atomic E-state index is 12.4. The van der Waals surface area contributed by atoms with Crippen LogP contribution in [-0.2, 0) is 14.3 Å². The Hall–Kier alpha value is -2.56. The minimum absolute atomic E-state index is 0.0944. The molecule has 0 bridgehead atoms. The van der Waals surface area contributed by atoms with Crippen molar-refractivity contribution in [3.63, 3.8) is 0 Å². The van der Waals surface area contributed by atoms with Gasteiger partial charge in [-0.2, -0.15) is 0 Å². The lowest BCUT2D eigenvalue weighted by molar-refractivity contribution is -0.154. The second-order valence-corrected chi connectivity index (χ2v) is 7.89. The third-order valence-electron chi connectivity index (χ3n) is 6.08. The monoisotopic (exact) mass is 381 g/mol. The molecule has 2 aromatic carbocycles. The van der Waals surface area contributed by atoms with Gasteiger partial charge >= 0.3 is 5.97 Å². The molecule has 2 fully saturated rings. The van der Waals surface area contributed by atoms with Crippen LogP contribution in [0.4, 0.5) is 0 Å². The van der Waals surface area contributed by atoms with Gasteiger partial charge in [0.25, 0.3) is 5.91 Å². The van der Waals surface area contributed by atoms with Crippen molar-refractivity contribution in [3.8, 4) is 5.75 Å². The van der Waals surface area contributed by atoms with Crippen molar-refractivity contribution < 1.29 is 19.1 Å². The molecule has 5 heteroatoms. The predicted molar refractivity (Wildman–Crippen MR) is 107 cm³/mol. The Morgan fingerprint density at radius 1 is 0.929 bits per heavy atom. The molecule has 2 aliphatic rings. The lowest BCUT2D eigenvalue weighted by atomic mass is 9.75. The van der Waals surface area contributed by atoms with Gasteiger partial charge in [0, 0.05) is 13.1 Å². The largest absolute Gasteiger partial charge is 0.482 e. The second kappa shape index (κ2) is 8.63. The van der Waals surface area contributed by atoms with Crippen LogP contribution in [0, 0.1) is 11.8 Å². The summed E-state index contributed by atoms with van der Waals surface area (Å²) in [5.74, 6) is 1.40. The number of esters is 1. The number of likely N-dealkylation sites (tertiary alicyclic amines) is 1. The summed E-state index contributed by atoms with van der Waals surface area (Å²) in [5.41, 5.74) is 0. The van der Waals surface area contributed by atoms with Gasteiger partial charge in [0.2, 0.25) is 0 Å². The standard InChI is InChI=1S/C23H27NO4/c25-22(24-12-11-18-6-2-4-8-20(18)14-24)15-28-23(26)16-27-21-10-9-17-5-1-3-7-19(17)13-21/h1,3,5,7,9-10,13,18,20H,2,4,6,8,11-12,14-16H2/t18-,20+/m1/s1. The second-order valence-electron chi connectivity index (χ2n) is 7.89. The van der Waals surface area contributed by atoms with Crippen LogP contribution < -0.4 is 4.74 Å². The number of benzene rings is 2. The van der Waals surface area contributed by atoms with Crippen molar-refractivity contribution in [1.29, 1.82) is 0 Å². The van der Waals surface area contributed by atoms with Crippen molar-refractivity contribution in [2.75, 3.05) is 26.3 Å². The fraction of sp³-hybridized carbons (Fsp3) is 0.478. The minimum Gasteiger partial charge on any atom is -0.482 e. The smallest absolute Gasteiger partial charge is 0.344 e. The molecule has 4 rings (SSSR count). The molecule has 0 N–H and O–H groups in total. The molecule has 2 aromatic rings. The summed E-state index contributed by atoms with van der Waals surface area (Å²) in [7, 11) is 0. The zero-order valence-corrected chi connectivity index (χ0v) is 16.1. The molecule has 1 saturated carbocycles. The van der Waals surface area contributed by atoms with E-state index >= 15 is 0 Å². The Morgan fingerprint density at radius 2 is 1.71 bits per heavy atom. The summed E-state index contributed by atoms with van der Waals surface area (Å²) in [6.07, 6.45) is 6.19. The molecule has 0 aromatic heterocycles. The zero-order chi connectivity index (χ0) is 19.3. The van der Waals surface area contributed by atoms with Gasteiger partial charge in [0.15, 0.2) is 13.2 Å². The molecule has 1 amide bonds. The molecule has 0 radical (unpaired) electrons. The first-order valence-corrected chi connectivity index (χ1v) is 10.2. The SMILES string of the molecule is O=C(COc1ccc2ccccc2c1)OCC(=O)N1CC[C@H]2CCCC[C@H]2C1. The molecule has 1 heterocycles. The first kappa shape index (κ1) is 18.8. The fourth-order valence-corrected chi connectivity index (χ4v) is 4.50. The van der Waals surface area contributed by atoms with Crippen molar-refractivity contribution >= 4 is 22.6 Å². The van der Waals surface area contributed by atoms with Crippen LogP contribution >= 0.6 is 0 Å². The van der Waals surface area contributed by atoms with E-state index in [-0.39, 0.29) is 19.1 Å². The molecule has 148 valence electrons. The van der Waals surface area contributed by atoms with E-state index in [4.69, 9.17) is 9.47 Å². The van der Waals surface area contributed by atoms with Crippen LogP contribution in [0.15, 0.2) is 42.5 Å². The van der Waals surface area contributed by atoms with Crippen LogP contribution in [0.3, 0.4) is 0 Å². The van der Waals surface area contributed by atoms with Crippen LogP contribution in [0.2, 0.25) is 0 Å². The summed E-state index contributed by atoms with van der Waals surface area (Å²) in [5, 5.41) is 2.17. The lowest BCUT2D eigenvalue weighted by Gasteiger charge is -2.41. The molecular weight excluding hydrogens is 354 g/mol. The topological polar surface area (TPSA) is 55.8 Å². The molecule has 2 atom stereocenters. The third-order valence-corrected chi connectivity index (χ3v) is 6.08. The van der Waals surface area contributed by atoms with Crippen molar-refractivity contribution in [1.82, 2.24) is 4.90 Å². The van der Waals surface area contributed by atoms with Gasteiger partial charge in [-0.05, 0) is 47.6 Å². The maximum Gasteiger partial charge on any atom is 0.344 e. The van der Waals surface area contributed by atoms with Crippen LogP contribution in [-0.4, -0.2) is 43.1 Å². The molecule has 0 spiro atoms. The Kier molecular flexibility index (Phi) is 5.79. The predicted octanol–water partition coefficient (Wildman–Crippen LogP) is 3.80. The zero-order valence-electron chi connectivity index (χ0n) is 16.1. The first-order chi connectivity index (χ1) is 13.7. The maximum atomic E-state index is 12.4. The van der Waals surface area contributed by atoms with Gasteiger partial charge in [0.1, 0.15) is 5.75 Å². The van der Waals surface area contributed by atoms with E-state index in [0.29, 0.717) is 11.7 Å². The highest BCUT2D eigenvalue weighted by molar-refractivity contribution is 5.84. The number of piperidine rings is 1. The van der Waals surface area contributed by atoms with Gasteiger partial charge in [-0.15, -0.1) is 0 Å². The van der Waals surface area contributed by atoms with Crippen molar-refractivity contribution in [2.45, 2.75) is 32.1 Å². The van der Waals surface area contributed by atoms with E-state index in [2.05, 4.69) is 0 Å². The van der Waals surface area contributed by atoms with E-state index in [9.17, 15) is 9.59 Å². The summed E-state index contributed by atoms with van der Waals surface area (Å²) in [4.78, 5) is 26.2. The van der Waals surface area contributed by atoms with E-state index in [1.54, 1.807) is 0 Å². The molecule has 28 heavy (non-hydrogen) atoms. The molecular formula is C23H27NO4. The third kappa shape index (κ3) is 4.46. The van der Waals surface area contributed by atoms with E-state index in [0.717, 1.165) is 36.2 Å². The van der Waals surface area contributed by atoms with Crippen molar-refractivity contribution in [2.24, 2.45) is 11.8 Å². The van der Waals surface area contributed by atoms with E-state index in [1.165, 1.54) is 25.7 Å². The number of rotatable bonds is 5. The number of fused-ring (bicyclic) bond motifs is 2. The Bertz CT molecular complexity index is 849. The van der Waals surface area contributed by atoms with Crippen molar-refractivity contribution in [3.05, 3.63) is 42.5 Å². The van der Waals surface area contributed by atoms with Gasteiger partial charge in [-0.25, -0.2) is 4.79 Å². The fourth-order valence-electron chi connectivity index (χ4n) is 4.50. The van der Waals surface area contributed by atoms with Gasteiger partial charge < -0.3 is 14.4 Å². The number of hydrogen-bond acceptors (Lipinski definition) is 4. The Balaban J connectivity index is 1.22. The number of hydrogen-bond donors (Lipinski definition) is 0. The van der Waals surface area contributed by atoms with Crippen LogP contribution in [0.1, 0.15) is 32.1 Å². The highest BCUT2D eigenvalue weighted by Crippen LogP contribution is 2.36. The van der Waals surface area contributed by atoms with Gasteiger partial charge in [0.05, 0.1) is 0 Å². The number of nitrogens with zero attached hydrogens (tertiary/aromatic N) is 1. The molecule has 1 aliphatic carbocycles. The first-order valence-electron chi connectivity index (χ1n) is 10.2. The highest BCUT2D eigenvalue weighted by Gasteiger charge is 2.33. The molecule has 0 unspecified atom stereocenters. The summed E-state index contributed by atoms with van der Waals surface area (Å²) >= 11 is 0. The summed E-state index contributed by atoms with van der Waals surface area (Å²) in [6, 6.07) is 13.6.